The standard InChI is InChI=1S/C17H25N3O6S/c1-7-12(11(8(2)21)16(23)24)19-13(17(25)26)14(7)27-9-5-10(18-6-9)15(22)20(3)4/h8-12,18,21H,5-6H2,1-4H3,(H,23,24)(H,25,26). The van der Waals surface area contributed by atoms with Crippen LogP contribution in [-0.2, 0) is 14.4 Å². The summed E-state index contributed by atoms with van der Waals surface area (Å²) in [4.78, 5) is 41.3. The van der Waals surface area contributed by atoms with E-state index in [2.05, 4.69) is 10.3 Å². The summed E-state index contributed by atoms with van der Waals surface area (Å²) in [5.41, 5.74) is 0.338. The third-order valence-electron chi connectivity index (χ3n) is 4.75. The molecule has 2 heterocycles. The number of carbonyl (C=O) groups is 3. The molecule has 5 atom stereocenters. The topological polar surface area (TPSA) is 140 Å². The Morgan fingerprint density at radius 1 is 1.30 bits per heavy atom. The highest BCUT2D eigenvalue weighted by Crippen LogP contribution is 2.39. The van der Waals surface area contributed by atoms with E-state index in [1.807, 2.05) is 0 Å². The van der Waals surface area contributed by atoms with Gasteiger partial charge in [-0.25, -0.2) is 4.79 Å². The largest absolute Gasteiger partial charge is 0.481 e. The molecule has 5 unspecified atom stereocenters. The van der Waals surface area contributed by atoms with Crippen molar-refractivity contribution >= 4 is 35.3 Å². The molecule has 0 spiro atoms. The first kappa shape index (κ1) is 21.4. The first-order chi connectivity index (χ1) is 12.5. The van der Waals surface area contributed by atoms with Crippen molar-refractivity contribution in [3.05, 3.63) is 10.5 Å². The number of aliphatic hydroxyl groups excluding tert-OH is 1. The Kier molecular flexibility index (Phi) is 6.66. The first-order valence-corrected chi connectivity index (χ1v) is 9.46. The second-order valence-electron chi connectivity index (χ2n) is 7.01. The van der Waals surface area contributed by atoms with Crippen molar-refractivity contribution < 1.29 is 29.7 Å². The summed E-state index contributed by atoms with van der Waals surface area (Å²) in [5, 5.41) is 31.8. The quantitative estimate of drug-likeness (QED) is 0.462. The summed E-state index contributed by atoms with van der Waals surface area (Å²) in [5.74, 6) is -3.73. The summed E-state index contributed by atoms with van der Waals surface area (Å²) >= 11 is 1.30. The van der Waals surface area contributed by atoms with Gasteiger partial charge in [-0.2, -0.15) is 0 Å². The molecule has 10 heteroatoms. The lowest BCUT2D eigenvalue weighted by atomic mass is 9.91. The van der Waals surface area contributed by atoms with Gasteiger partial charge in [0, 0.05) is 30.8 Å². The Labute approximate surface area is 161 Å². The molecule has 2 aliphatic rings. The number of aliphatic carboxylic acids is 2. The smallest absolute Gasteiger partial charge is 0.355 e. The first-order valence-electron chi connectivity index (χ1n) is 8.58. The highest BCUT2D eigenvalue weighted by atomic mass is 32.2. The van der Waals surface area contributed by atoms with Crippen LogP contribution in [-0.4, -0.2) is 87.9 Å². The molecular formula is C17H25N3O6S. The van der Waals surface area contributed by atoms with E-state index in [1.165, 1.54) is 23.6 Å². The Morgan fingerprint density at radius 3 is 2.41 bits per heavy atom. The van der Waals surface area contributed by atoms with Crippen LogP contribution in [0.15, 0.2) is 15.5 Å². The van der Waals surface area contributed by atoms with Crippen LogP contribution < -0.4 is 5.32 Å². The predicted molar refractivity (Wildman–Crippen MR) is 101 cm³/mol. The zero-order valence-corrected chi connectivity index (χ0v) is 16.5. The van der Waals surface area contributed by atoms with Crippen LogP contribution in [0.5, 0.6) is 0 Å². The van der Waals surface area contributed by atoms with E-state index in [0.717, 1.165) is 0 Å². The van der Waals surface area contributed by atoms with E-state index in [0.29, 0.717) is 23.4 Å². The number of aliphatic imine (C=N–C) groups is 1. The van der Waals surface area contributed by atoms with Crippen LogP contribution in [0.25, 0.3) is 0 Å². The van der Waals surface area contributed by atoms with Crippen molar-refractivity contribution in [2.45, 2.75) is 43.7 Å². The van der Waals surface area contributed by atoms with Crippen LogP contribution >= 0.6 is 11.8 Å². The van der Waals surface area contributed by atoms with Crippen LogP contribution in [0.4, 0.5) is 0 Å². The van der Waals surface area contributed by atoms with Gasteiger partial charge >= 0.3 is 11.9 Å². The molecule has 2 aliphatic heterocycles. The monoisotopic (exact) mass is 399 g/mol. The van der Waals surface area contributed by atoms with E-state index in [9.17, 15) is 29.7 Å². The van der Waals surface area contributed by atoms with Gasteiger partial charge in [-0.1, -0.05) is 0 Å². The third-order valence-corrected chi connectivity index (χ3v) is 6.19. The summed E-state index contributed by atoms with van der Waals surface area (Å²) in [7, 11) is 3.35. The van der Waals surface area contributed by atoms with Crippen molar-refractivity contribution in [2.24, 2.45) is 10.9 Å². The van der Waals surface area contributed by atoms with E-state index in [1.54, 1.807) is 21.0 Å². The summed E-state index contributed by atoms with van der Waals surface area (Å²) in [6.45, 7) is 3.53. The second-order valence-corrected chi connectivity index (χ2v) is 8.32. The van der Waals surface area contributed by atoms with Crippen molar-refractivity contribution in [2.75, 3.05) is 20.6 Å². The molecule has 27 heavy (non-hydrogen) atoms. The number of thioether (sulfide) groups is 1. The van der Waals surface area contributed by atoms with Gasteiger partial charge in [-0.15, -0.1) is 11.8 Å². The number of hydrogen-bond acceptors (Lipinski definition) is 7. The number of likely N-dealkylation sites (N-methyl/N-ethyl adjacent to an activating group) is 1. The van der Waals surface area contributed by atoms with E-state index in [-0.39, 0.29) is 22.9 Å². The molecule has 0 aromatic carbocycles. The average Bonchev–Trinajstić information content (AvgIpc) is 3.13. The molecule has 1 amide bonds. The molecule has 0 saturated carbocycles. The summed E-state index contributed by atoms with van der Waals surface area (Å²) in [6.07, 6.45) is -0.643. The molecule has 150 valence electrons. The number of carboxylic acid groups (broad SMARTS) is 2. The number of nitrogens with one attached hydrogen (secondary N) is 1. The summed E-state index contributed by atoms with van der Waals surface area (Å²) < 4.78 is 0. The second kappa shape index (κ2) is 8.41. The van der Waals surface area contributed by atoms with Crippen LogP contribution in [0.1, 0.15) is 20.3 Å². The maximum Gasteiger partial charge on any atom is 0.355 e. The number of amides is 1. The minimum absolute atomic E-state index is 0.0398. The normalized spacial score (nSPS) is 27.3. The molecule has 0 aromatic heterocycles. The van der Waals surface area contributed by atoms with Gasteiger partial charge in [0.1, 0.15) is 5.92 Å². The Morgan fingerprint density at radius 2 is 1.93 bits per heavy atom. The molecule has 0 aromatic rings. The zero-order valence-electron chi connectivity index (χ0n) is 15.7. The van der Waals surface area contributed by atoms with Crippen molar-refractivity contribution in [1.82, 2.24) is 10.2 Å². The Bertz CT molecular complexity index is 703. The lowest BCUT2D eigenvalue weighted by Gasteiger charge is -2.21. The van der Waals surface area contributed by atoms with E-state index < -0.39 is 30.0 Å². The average molecular weight is 399 g/mol. The molecule has 4 N–H and O–H groups in total. The maximum atomic E-state index is 12.1. The molecule has 0 aliphatic carbocycles. The fourth-order valence-corrected chi connectivity index (χ4v) is 4.69. The third kappa shape index (κ3) is 4.50. The zero-order chi connectivity index (χ0) is 20.5. The van der Waals surface area contributed by atoms with Gasteiger partial charge in [0.05, 0.1) is 18.2 Å². The number of carbonyl (C=O) groups excluding carboxylic acids is 1. The number of carboxylic acids is 2. The van der Waals surface area contributed by atoms with Crippen molar-refractivity contribution in [3.8, 4) is 0 Å². The van der Waals surface area contributed by atoms with Gasteiger partial charge in [0.2, 0.25) is 5.91 Å². The number of aliphatic hydroxyl groups is 1. The lowest BCUT2D eigenvalue weighted by Crippen LogP contribution is -2.39. The summed E-state index contributed by atoms with van der Waals surface area (Å²) in [6, 6.07) is -1.25. The maximum absolute atomic E-state index is 12.1. The molecular weight excluding hydrogens is 374 g/mol. The molecule has 1 fully saturated rings. The van der Waals surface area contributed by atoms with Crippen LogP contribution in [0.2, 0.25) is 0 Å². The Hall–Kier alpha value is -1.91. The highest BCUT2D eigenvalue weighted by Gasteiger charge is 2.41. The van der Waals surface area contributed by atoms with Crippen molar-refractivity contribution in [1.29, 1.82) is 0 Å². The Balaban J connectivity index is 2.24. The minimum atomic E-state index is -1.24. The number of hydrogen-bond donors (Lipinski definition) is 4. The molecule has 0 bridgehead atoms. The molecule has 0 radical (unpaired) electrons. The van der Waals surface area contributed by atoms with Crippen LogP contribution in [0.3, 0.4) is 0 Å². The molecule has 2 rings (SSSR count). The van der Waals surface area contributed by atoms with Gasteiger partial charge in [0.25, 0.3) is 0 Å². The predicted octanol–water partition coefficient (Wildman–Crippen LogP) is -0.198. The lowest BCUT2D eigenvalue weighted by molar-refractivity contribution is -0.145. The minimum Gasteiger partial charge on any atom is -0.481 e. The fourth-order valence-electron chi connectivity index (χ4n) is 3.33. The van der Waals surface area contributed by atoms with Crippen molar-refractivity contribution in [3.63, 3.8) is 0 Å². The van der Waals surface area contributed by atoms with Crippen LogP contribution in [0, 0.1) is 5.92 Å². The SMILES string of the molecule is CC1=C(SC2CNC(C(=O)N(C)C)C2)C(C(=O)O)=NC1C(C(=O)O)C(C)O. The number of nitrogens with zero attached hydrogens (tertiary/aromatic N) is 2. The highest BCUT2D eigenvalue weighted by molar-refractivity contribution is 8.04. The molecule has 9 nitrogen and oxygen atoms in total. The van der Waals surface area contributed by atoms with E-state index >= 15 is 0 Å². The van der Waals surface area contributed by atoms with Gasteiger partial charge in [0.15, 0.2) is 5.71 Å². The van der Waals surface area contributed by atoms with E-state index in [4.69, 9.17) is 0 Å². The van der Waals surface area contributed by atoms with Gasteiger partial charge in [-0.05, 0) is 25.8 Å². The van der Waals surface area contributed by atoms with Gasteiger partial charge in [-0.3, -0.25) is 14.6 Å². The number of rotatable bonds is 7. The molecule has 1 saturated heterocycles. The van der Waals surface area contributed by atoms with Gasteiger partial charge < -0.3 is 25.5 Å². The fraction of sp³-hybridized carbons (Fsp3) is 0.647.